The smallest absolute Gasteiger partial charge is 0.191 e. The van der Waals surface area contributed by atoms with Crippen molar-refractivity contribution in [3.63, 3.8) is 0 Å². The Balaban J connectivity index is 1.71. The minimum absolute atomic E-state index is 0.355. The lowest BCUT2D eigenvalue weighted by Crippen LogP contribution is -2.47. The zero-order valence-electron chi connectivity index (χ0n) is 15.8. The van der Waals surface area contributed by atoms with E-state index >= 15 is 0 Å². The number of hydrogen-bond donors (Lipinski definition) is 2. The summed E-state index contributed by atoms with van der Waals surface area (Å²) in [6.45, 7) is 11.9. The standard InChI is InChI=1S/C17H33N7/c1-13(2)23(14(3)4)10-6-9-19-17(18-5)22-15-7-8-16-20-12-21-24(16)11-15/h12-15H,6-11H2,1-5H3,(H2,18,19,22). The summed E-state index contributed by atoms with van der Waals surface area (Å²) in [5.41, 5.74) is 0. The second-order valence-electron chi connectivity index (χ2n) is 7.02. The molecule has 2 heterocycles. The average Bonchev–Trinajstić information content (AvgIpc) is 3.00. The molecular formula is C17H33N7. The van der Waals surface area contributed by atoms with E-state index in [-0.39, 0.29) is 0 Å². The van der Waals surface area contributed by atoms with Crippen LogP contribution in [0.5, 0.6) is 0 Å². The van der Waals surface area contributed by atoms with Gasteiger partial charge in [-0.2, -0.15) is 5.10 Å². The third kappa shape index (κ3) is 5.19. The molecule has 0 fully saturated rings. The van der Waals surface area contributed by atoms with E-state index in [9.17, 15) is 0 Å². The van der Waals surface area contributed by atoms with Gasteiger partial charge in [0, 0.05) is 44.7 Å². The van der Waals surface area contributed by atoms with Crippen molar-refractivity contribution in [2.45, 2.75) is 71.6 Å². The summed E-state index contributed by atoms with van der Waals surface area (Å²) in [6.07, 6.45) is 4.77. The van der Waals surface area contributed by atoms with Crippen LogP contribution >= 0.6 is 0 Å². The monoisotopic (exact) mass is 335 g/mol. The first-order chi connectivity index (χ1) is 11.5. The molecule has 7 heteroatoms. The van der Waals surface area contributed by atoms with E-state index in [2.05, 4.69) is 58.3 Å². The van der Waals surface area contributed by atoms with E-state index in [0.29, 0.717) is 18.1 Å². The Bertz CT molecular complexity index is 513. The van der Waals surface area contributed by atoms with E-state index in [1.807, 2.05) is 11.7 Å². The molecule has 1 aromatic heterocycles. The van der Waals surface area contributed by atoms with Crippen LogP contribution in [0, 0.1) is 0 Å². The fourth-order valence-electron chi connectivity index (χ4n) is 3.32. The van der Waals surface area contributed by atoms with E-state index in [0.717, 1.165) is 50.7 Å². The second-order valence-corrected chi connectivity index (χ2v) is 7.02. The Morgan fingerprint density at radius 3 is 2.79 bits per heavy atom. The first kappa shape index (κ1) is 18.7. The average molecular weight is 336 g/mol. The SMILES string of the molecule is CN=C(NCCCN(C(C)C)C(C)C)NC1CCc2ncnn2C1. The second kappa shape index (κ2) is 9.01. The van der Waals surface area contributed by atoms with Gasteiger partial charge < -0.3 is 10.6 Å². The molecule has 2 rings (SSSR count). The predicted molar refractivity (Wildman–Crippen MR) is 98.2 cm³/mol. The van der Waals surface area contributed by atoms with E-state index in [4.69, 9.17) is 0 Å². The van der Waals surface area contributed by atoms with Crippen molar-refractivity contribution in [2.24, 2.45) is 4.99 Å². The highest BCUT2D eigenvalue weighted by atomic mass is 15.4. The van der Waals surface area contributed by atoms with Gasteiger partial charge in [0.05, 0.1) is 6.54 Å². The molecule has 0 aromatic carbocycles. The van der Waals surface area contributed by atoms with Crippen LogP contribution in [-0.4, -0.2) is 63.9 Å². The number of aliphatic imine (C=N–C) groups is 1. The van der Waals surface area contributed by atoms with Crippen LogP contribution in [0.15, 0.2) is 11.3 Å². The van der Waals surface area contributed by atoms with Gasteiger partial charge in [0.15, 0.2) is 5.96 Å². The number of hydrogen-bond acceptors (Lipinski definition) is 4. The molecule has 2 N–H and O–H groups in total. The van der Waals surface area contributed by atoms with Crippen LogP contribution in [0.25, 0.3) is 0 Å². The van der Waals surface area contributed by atoms with Crippen LogP contribution in [0.1, 0.15) is 46.4 Å². The lowest BCUT2D eigenvalue weighted by Gasteiger charge is -2.30. The highest BCUT2D eigenvalue weighted by molar-refractivity contribution is 5.79. The third-order valence-corrected chi connectivity index (χ3v) is 4.58. The lowest BCUT2D eigenvalue weighted by atomic mass is 10.1. The van der Waals surface area contributed by atoms with Crippen molar-refractivity contribution in [2.75, 3.05) is 20.1 Å². The molecule has 136 valence electrons. The topological polar surface area (TPSA) is 70.4 Å². The van der Waals surface area contributed by atoms with Crippen molar-refractivity contribution in [3.05, 3.63) is 12.2 Å². The van der Waals surface area contributed by atoms with Crippen molar-refractivity contribution in [3.8, 4) is 0 Å². The summed E-state index contributed by atoms with van der Waals surface area (Å²) in [4.78, 5) is 11.1. The Morgan fingerprint density at radius 2 is 2.12 bits per heavy atom. The highest BCUT2D eigenvalue weighted by Gasteiger charge is 2.20. The van der Waals surface area contributed by atoms with Gasteiger partial charge in [-0.05, 0) is 40.5 Å². The maximum absolute atomic E-state index is 4.35. The van der Waals surface area contributed by atoms with Crippen LogP contribution < -0.4 is 10.6 Å². The van der Waals surface area contributed by atoms with Gasteiger partial charge in [0.2, 0.25) is 0 Å². The van der Waals surface area contributed by atoms with Gasteiger partial charge in [0.1, 0.15) is 12.2 Å². The Labute approximate surface area is 145 Å². The molecule has 1 unspecified atom stereocenters. The summed E-state index contributed by atoms with van der Waals surface area (Å²) in [6, 6.07) is 1.52. The Morgan fingerprint density at radius 1 is 1.38 bits per heavy atom. The first-order valence-corrected chi connectivity index (χ1v) is 9.10. The van der Waals surface area contributed by atoms with Crippen molar-refractivity contribution in [1.29, 1.82) is 0 Å². The molecule has 1 atom stereocenters. The van der Waals surface area contributed by atoms with Crippen molar-refractivity contribution >= 4 is 5.96 Å². The van der Waals surface area contributed by atoms with Gasteiger partial charge in [-0.25, -0.2) is 9.67 Å². The molecule has 0 amide bonds. The van der Waals surface area contributed by atoms with Gasteiger partial charge in [-0.1, -0.05) is 0 Å². The fraction of sp³-hybridized carbons (Fsp3) is 0.824. The summed E-state index contributed by atoms with van der Waals surface area (Å²) in [5.74, 6) is 1.96. The molecule has 0 aliphatic carbocycles. The molecule has 7 nitrogen and oxygen atoms in total. The summed E-state index contributed by atoms with van der Waals surface area (Å²) in [7, 11) is 1.83. The van der Waals surface area contributed by atoms with Crippen LogP contribution in [0.3, 0.4) is 0 Å². The normalized spacial score (nSPS) is 18.3. The number of aromatic nitrogens is 3. The van der Waals surface area contributed by atoms with Crippen LogP contribution in [0.2, 0.25) is 0 Å². The number of aryl methyl sites for hydroxylation is 1. The number of nitrogens with zero attached hydrogens (tertiary/aromatic N) is 5. The maximum atomic E-state index is 4.35. The first-order valence-electron chi connectivity index (χ1n) is 9.10. The van der Waals surface area contributed by atoms with Gasteiger partial charge in [0.25, 0.3) is 0 Å². The van der Waals surface area contributed by atoms with E-state index < -0.39 is 0 Å². The molecule has 1 aromatic rings. The van der Waals surface area contributed by atoms with E-state index in [1.165, 1.54) is 0 Å². The molecule has 0 radical (unpaired) electrons. The third-order valence-electron chi connectivity index (χ3n) is 4.58. The van der Waals surface area contributed by atoms with Gasteiger partial charge in [-0.3, -0.25) is 9.89 Å². The van der Waals surface area contributed by atoms with Gasteiger partial charge >= 0.3 is 0 Å². The van der Waals surface area contributed by atoms with E-state index in [1.54, 1.807) is 6.33 Å². The number of nitrogens with one attached hydrogen (secondary N) is 2. The van der Waals surface area contributed by atoms with Crippen LogP contribution in [-0.2, 0) is 13.0 Å². The molecule has 0 saturated heterocycles. The minimum Gasteiger partial charge on any atom is -0.356 e. The minimum atomic E-state index is 0.355. The van der Waals surface area contributed by atoms with Gasteiger partial charge in [-0.15, -0.1) is 0 Å². The largest absolute Gasteiger partial charge is 0.356 e. The molecule has 0 spiro atoms. The maximum Gasteiger partial charge on any atom is 0.191 e. The zero-order valence-corrected chi connectivity index (χ0v) is 15.8. The predicted octanol–water partition coefficient (Wildman–Crippen LogP) is 1.27. The summed E-state index contributed by atoms with van der Waals surface area (Å²) < 4.78 is 1.98. The molecule has 1 aliphatic heterocycles. The summed E-state index contributed by atoms with van der Waals surface area (Å²) >= 11 is 0. The van der Waals surface area contributed by atoms with Crippen molar-refractivity contribution in [1.82, 2.24) is 30.3 Å². The molecular weight excluding hydrogens is 302 g/mol. The fourth-order valence-corrected chi connectivity index (χ4v) is 3.32. The molecule has 1 aliphatic rings. The number of guanidine groups is 1. The van der Waals surface area contributed by atoms with Crippen LogP contribution in [0.4, 0.5) is 0 Å². The highest BCUT2D eigenvalue weighted by Crippen LogP contribution is 2.11. The number of rotatable bonds is 7. The molecule has 24 heavy (non-hydrogen) atoms. The Kier molecular flexibility index (Phi) is 7.02. The van der Waals surface area contributed by atoms with Crippen molar-refractivity contribution < 1.29 is 0 Å². The zero-order chi connectivity index (χ0) is 17.5. The number of fused-ring (bicyclic) bond motifs is 1. The molecule has 0 saturated carbocycles. The Hall–Kier alpha value is -1.63. The quantitative estimate of drug-likeness (QED) is 0.446. The lowest BCUT2D eigenvalue weighted by molar-refractivity contribution is 0.173. The molecule has 0 bridgehead atoms. The summed E-state index contributed by atoms with van der Waals surface area (Å²) in [5, 5.41) is 11.2.